The summed E-state index contributed by atoms with van der Waals surface area (Å²) in [6.07, 6.45) is 3.90. The van der Waals surface area contributed by atoms with Gasteiger partial charge in [0.1, 0.15) is 0 Å². The average molecular weight is 532 g/mol. The van der Waals surface area contributed by atoms with Crippen LogP contribution in [0, 0.1) is 25.2 Å². The van der Waals surface area contributed by atoms with Crippen LogP contribution < -0.4 is 15.2 Å². The maximum Gasteiger partial charge on any atom is 0.252 e. The van der Waals surface area contributed by atoms with Gasteiger partial charge in [-0.25, -0.2) is 4.98 Å². The number of aromatic amines is 1. The molecule has 0 atom stereocenters. The highest BCUT2D eigenvalue weighted by atomic mass is 32.2. The summed E-state index contributed by atoms with van der Waals surface area (Å²) in [5, 5.41) is 0. The van der Waals surface area contributed by atoms with E-state index in [1.165, 1.54) is 43.4 Å². The molecule has 1 saturated carbocycles. The van der Waals surface area contributed by atoms with Gasteiger partial charge >= 0.3 is 0 Å². The predicted molar refractivity (Wildman–Crippen MR) is 160 cm³/mol. The maximum absolute atomic E-state index is 12.4. The van der Waals surface area contributed by atoms with E-state index >= 15 is 0 Å². The van der Waals surface area contributed by atoms with Crippen LogP contribution in [-0.4, -0.2) is 47.1 Å². The van der Waals surface area contributed by atoms with Crippen molar-refractivity contribution in [2.75, 3.05) is 35.8 Å². The minimum atomic E-state index is -0.163. The molecule has 38 heavy (non-hydrogen) atoms. The zero-order valence-corrected chi connectivity index (χ0v) is 24.2. The summed E-state index contributed by atoms with van der Waals surface area (Å²) in [6, 6.07) is 17.1. The topological polar surface area (TPSA) is 64.3 Å². The average Bonchev–Trinajstić information content (AvgIpc) is 3.07. The van der Waals surface area contributed by atoms with Crippen LogP contribution in [0.3, 0.4) is 0 Å². The number of H-pyrrole nitrogens is 1. The number of anilines is 2. The Labute approximate surface area is 231 Å². The Kier molecular flexibility index (Phi) is 7.87. The SMILES string of the molecule is Cc1cccc(C)c1-c1cc(=O)[nH]c(NSc2cccc(N3CCCN(C4CC(C(C)(C)C)C4)CC3)c2)n1. The Morgan fingerprint density at radius 1 is 0.974 bits per heavy atom. The van der Waals surface area contributed by atoms with Crippen LogP contribution in [0.15, 0.2) is 58.2 Å². The highest BCUT2D eigenvalue weighted by Gasteiger charge is 2.40. The number of nitrogens with one attached hydrogen (secondary N) is 2. The maximum atomic E-state index is 12.4. The van der Waals surface area contributed by atoms with Crippen molar-refractivity contribution in [3.63, 3.8) is 0 Å². The molecule has 1 aliphatic carbocycles. The van der Waals surface area contributed by atoms with E-state index in [0.29, 0.717) is 17.1 Å². The van der Waals surface area contributed by atoms with E-state index < -0.39 is 0 Å². The molecule has 2 heterocycles. The molecule has 1 aromatic heterocycles. The highest BCUT2D eigenvalue weighted by molar-refractivity contribution is 8.00. The Morgan fingerprint density at radius 3 is 2.45 bits per heavy atom. The van der Waals surface area contributed by atoms with Crippen molar-refractivity contribution in [2.24, 2.45) is 11.3 Å². The van der Waals surface area contributed by atoms with Crippen molar-refractivity contribution in [1.29, 1.82) is 0 Å². The molecule has 0 amide bonds. The van der Waals surface area contributed by atoms with E-state index in [1.807, 2.05) is 6.07 Å². The molecule has 7 heteroatoms. The minimum Gasteiger partial charge on any atom is -0.370 e. The van der Waals surface area contributed by atoms with Gasteiger partial charge in [-0.3, -0.25) is 19.4 Å². The van der Waals surface area contributed by atoms with Crippen LogP contribution in [0.1, 0.15) is 51.2 Å². The minimum absolute atomic E-state index is 0.163. The summed E-state index contributed by atoms with van der Waals surface area (Å²) in [5.41, 5.74) is 5.45. The molecule has 0 spiro atoms. The number of hydrogen-bond donors (Lipinski definition) is 2. The van der Waals surface area contributed by atoms with E-state index in [4.69, 9.17) is 4.98 Å². The number of aryl methyl sites for hydroxylation is 2. The van der Waals surface area contributed by atoms with Crippen molar-refractivity contribution in [3.8, 4) is 11.3 Å². The Hall–Kier alpha value is -2.77. The molecule has 0 bridgehead atoms. The second-order valence-electron chi connectivity index (χ2n) is 12.0. The molecular formula is C31H41N5OS. The van der Waals surface area contributed by atoms with Gasteiger partial charge < -0.3 is 4.90 Å². The lowest BCUT2D eigenvalue weighted by molar-refractivity contribution is 0.0245. The molecule has 2 N–H and O–H groups in total. The van der Waals surface area contributed by atoms with Crippen LogP contribution in [-0.2, 0) is 0 Å². The van der Waals surface area contributed by atoms with E-state index in [9.17, 15) is 4.79 Å². The van der Waals surface area contributed by atoms with Gasteiger partial charge in [-0.1, -0.05) is 45.0 Å². The molecule has 0 unspecified atom stereocenters. The fraction of sp³-hybridized carbons (Fsp3) is 0.484. The number of hydrogen-bond acceptors (Lipinski definition) is 6. The Balaban J connectivity index is 1.22. The van der Waals surface area contributed by atoms with Gasteiger partial charge in [-0.2, -0.15) is 0 Å². The standard InChI is InChI=1S/C31H41N5OS/c1-21-9-6-10-22(2)29(21)27-20-28(37)33-30(32-27)34-38-26-12-7-11-24(19-26)35-13-8-14-36(16-15-35)25-17-23(18-25)31(3,4)5/h6-7,9-12,19-20,23,25H,8,13-18H2,1-5H3,(H2,32,33,34,37). The number of nitrogens with zero attached hydrogens (tertiary/aromatic N) is 3. The lowest BCUT2D eigenvalue weighted by Crippen LogP contribution is -2.49. The molecule has 2 aliphatic rings. The first kappa shape index (κ1) is 26.8. The molecular weight excluding hydrogens is 490 g/mol. The fourth-order valence-electron chi connectivity index (χ4n) is 5.86. The first-order valence-corrected chi connectivity index (χ1v) is 14.7. The summed E-state index contributed by atoms with van der Waals surface area (Å²) >= 11 is 1.48. The van der Waals surface area contributed by atoms with Gasteiger partial charge in [0, 0.05) is 54.4 Å². The lowest BCUT2D eigenvalue weighted by atomic mass is 9.65. The van der Waals surface area contributed by atoms with E-state index in [1.54, 1.807) is 6.07 Å². The van der Waals surface area contributed by atoms with E-state index in [0.717, 1.165) is 53.2 Å². The second-order valence-corrected chi connectivity index (χ2v) is 12.9. The van der Waals surface area contributed by atoms with Gasteiger partial charge in [0.2, 0.25) is 5.95 Å². The van der Waals surface area contributed by atoms with Crippen molar-refractivity contribution >= 4 is 23.6 Å². The zero-order chi connectivity index (χ0) is 26.9. The van der Waals surface area contributed by atoms with Gasteiger partial charge in [-0.15, -0.1) is 0 Å². The van der Waals surface area contributed by atoms with Gasteiger partial charge in [0.05, 0.1) is 5.69 Å². The predicted octanol–water partition coefficient (Wildman–Crippen LogP) is 6.51. The first-order chi connectivity index (χ1) is 18.2. The van der Waals surface area contributed by atoms with Crippen molar-refractivity contribution in [1.82, 2.24) is 14.9 Å². The smallest absolute Gasteiger partial charge is 0.252 e. The molecule has 6 nitrogen and oxygen atoms in total. The molecule has 2 aromatic carbocycles. The lowest BCUT2D eigenvalue weighted by Gasteiger charge is -2.48. The molecule has 1 aliphatic heterocycles. The molecule has 202 valence electrons. The number of aromatic nitrogens is 2. The van der Waals surface area contributed by atoms with Gasteiger partial charge in [0.15, 0.2) is 0 Å². The second kappa shape index (κ2) is 11.1. The first-order valence-electron chi connectivity index (χ1n) is 13.9. The van der Waals surface area contributed by atoms with Crippen molar-refractivity contribution in [2.45, 2.75) is 64.8 Å². The fourth-order valence-corrected chi connectivity index (χ4v) is 6.49. The third-order valence-electron chi connectivity index (χ3n) is 8.31. The largest absolute Gasteiger partial charge is 0.370 e. The van der Waals surface area contributed by atoms with Crippen LogP contribution in [0.2, 0.25) is 0 Å². The third kappa shape index (κ3) is 6.10. The molecule has 3 aromatic rings. The Bertz CT molecular complexity index is 1300. The van der Waals surface area contributed by atoms with Crippen LogP contribution in [0.25, 0.3) is 11.3 Å². The van der Waals surface area contributed by atoms with E-state index in [-0.39, 0.29) is 5.56 Å². The molecule has 0 radical (unpaired) electrons. The third-order valence-corrected chi connectivity index (χ3v) is 9.10. The highest BCUT2D eigenvalue weighted by Crippen LogP contribution is 2.43. The quantitative estimate of drug-likeness (QED) is 0.354. The Morgan fingerprint density at radius 2 is 1.71 bits per heavy atom. The summed E-state index contributed by atoms with van der Waals surface area (Å²) in [7, 11) is 0. The zero-order valence-electron chi connectivity index (χ0n) is 23.4. The van der Waals surface area contributed by atoms with E-state index in [2.05, 4.69) is 90.5 Å². The number of rotatable bonds is 6. The normalized spacial score (nSPS) is 20.6. The van der Waals surface area contributed by atoms with Crippen molar-refractivity contribution < 1.29 is 0 Å². The summed E-state index contributed by atoms with van der Waals surface area (Å²) in [6.45, 7) is 15.7. The monoisotopic (exact) mass is 531 g/mol. The van der Waals surface area contributed by atoms with Gasteiger partial charge in [-0.05, 0) is 85.7 Å². The van der Waals surface area contributed by atoms with Crippen LogP contribution in [0.5, 0.6) is 0 Å². The molecule has 5 rings (SSSR count). The summed E-state index contributed by atoms with van der Waals surface area (Å²) < 4.78 is 3.27. The number of benzene rings is 2. The summed E-state index contributed by atoms with van der Waals surface area (Å²) in [4.78, 5) is 26.3. The van der Waals surface area contributed by atoms with Crippen LogP contribution >= 0.6 is 11.9 Å². The van der Waals surface area contributed by atoms with Crippen molar-refractivity contribution in [3.05, 3.63) is 70.0 Å². The molecule has 1 saturated heterocycles. The van der Waals surface area contributed by atoms with Crippen LogP contribution in [0.4, 0.5) is 11.6 Å². The summed E-state index contributed by atoms with van der Waals surface area (Å²) in [5.74, 6) is 1.32. The molecule has 2 fully saturated rings. The van der Waals surface area contributed by atoms with Gasteiger partial charge in [0.25, 0.3) is 5.56 Å².